The second kappa shape index (κ2) is 7.76. The van der Waals surface area contributed by atoms with Crippen molar-refractivity contribution in [3.8, 4) is 11.5 Å². The molecule has 2 aromatic heterocycles. The lowest BCUT2D eigenvalue weighted by atomic mass is 10.1. The van der Waals surface area contributed by atoms with Gasteiger partial charge in [0.25, 0.3) is 11.1 Å². The van der Waals surface area contributed by atoms with Gasteiger partial charge in [-0.3, -0.25) is 9.59 Å². The fourth-order valence-electron chi connectivity index (χ4n) is 3.21. The zero-order chi connectivity index (χ0) is 19.7. The molecule has 0 saturated heterocycles. The van der Waals surface area contributed by atoms with E-state index < -0.39 is 5.91 Å². The summed E-state index contributed by atoms with van der Waals surface area (Å²) in [5.74, 6) is -0.238. The molecule has 0 aliphatic heterocycles. The number of primary amides is 1. The number of benzene rings is 1. The number of hydrogen-bond acceptors (Lipinski definition) is 7. The number of aryl methyl sites for hydroxylation is 2. The van der Waals surface area contributed by atoms with Crippen LogP contribution in [0.15, 0.2) is 33.9 Å². The highest BCUT2D eigenvalue weighted by Gasteiger charge is 2.26. The lowest BCUT2D eigenvalue weighted by molar-refractivity contribution is -0.113. The number of hydrogen-bond donors (Lipinski definition) is 2. The Bertz CT molecular complexity index is 1060. The smallest absolute Gasteiger partial charge is 0.277 e. The normalized spacial score (nSPS) is 12.8. The summed E-state index contributed by atoms with van der Waals surface area (Å²) in [4.78, 5) is 25.3. The quantitative estimate of drug-likeness (QED) is 0.598. The maximum atomic E-state index is 12.3. The van der Waals surface area contributed by atoms with Crippen LogP contribution in [0, 0.1) is 6.92 Å². The topological polar surface area (TPSA) is 111 Å². The minimum atomic E-state index is -0.498. The highest BCUT2D eigenvalue weighted by atomic mass is 32.2. The average molecular weight is 415 g/mol. The number of thiophene rings is 1. The minimum Gasteiger partial charge on any atom is -0.411 e. The van der Waals surface area contributed by atoms with Crippen LogP contribution < -0.4 is 11.1 Å². The van der Waals surface area contributed by atoms with Crippen LogP contribution in [-0.4, -0.2) is 27.8 Å². The van der Waals surface area contributed by atoms with E-state index in [0.29, 0.717) is 21.7 Å². The molecule has 0 atom stereocenters. The van der Waals surface area contributed by atoms with Crippen molar-refractivity contribution in [3.63, 3.8) is 0 Å². The fourth-order valence-corrected chi connectivity index (χ4v) is 5.08. The van der Waals surface area contributed by atoms with Crippen molar-refractivity contribution in [2.24, 2.45) is 5.73 Å². The van der Waals surface area contributed by atoms with Gasteiger partial charge in [0, 0.05) is 10.4 Å². The second-order valence-electron chi connectivity index (χ2n) is 6.51. The summed E-state index contributed by atoms with van der Waals surface area (Å²) in [6.45, 7) is 1.99. The molecule has 1 aromatic carbocycles. The van der Waals surface area contributed by atoms with E-state index in [1.165, 1.54) is 11.3 Å². The molecule has 0 unspecified atom stereocenters. The molecule has 1 aliphatic carbocycles. The summed E-state index contributed by atoms with van der Waals surface area (Å²) >= 11 is 2.58. The zero-order valence-corrected chi connectivity index (χ0v) is 16.8. The number of nitrogens with zero attached hydrogens (tertiary/aromatic N) is 2. The SMILES string of the molecule is Cc1cccc(-c2nnc(SCC(=O)Nc3sc4c(c3C(N)=O)CCC4)o2)c1. The monoisotopic (exact) mass is 414 g/mol. The minimum absolute atomic E-state index is 0.0935. The molecule has 0 fully saturated rings. The molecule has 144 valence electrons. The standard InChI is InChI=1S/C19H18N4O3S2/c1-10-4-2-5-11(8-10)17-22-23-19(26-17)27-9-14(24)21-18-15(16(20)25)12-6-3-7-13(12)28-18/h2,4-5,8H,3,6-7,9H2,1H3,(H2,20,25)(H,21,24). The van der Waals surface area contributed by atoms with Crippen molar-refractivity contribution in [2.75, 3.05) is 11.1 Å². The summed E-state index contributed by atoms with van der Waals surface area (Å²) in [5.41, 5.74) is 8.89. The highest BCUT2D eigenvalue weighted by Crippen LogP contribution is 2.39. The third kappa shape index (κ3) is 3.81. The van der Waals surface area contributed by atoms with Crippen molar-refractivity contribution >= 4 is 39.9 Å². The number of carbonyl (C=O) groups is 2. The van der Waals surface area contributed by atoms with Gasteiger partial charge in [-0.05, 0) is 43.9 Å². The summed E-state index contributed by atoms with van der Waals surface area (Å²) in [7, 11) is 0. The van der Waals surface area contributed by atoms with Gasteiger partial charge in [0.2, 0.25) is 11.8 Å². The van der Waals surface area contributed by atoms with Crippen LogP contribution in [0.1, 0.15) is 32.8 Å². The van der Waals surface area contributed by atoms with E-state index in [4.69, 9.17) is 10.2 Å². The Labute approximate surface area is 169 Å². The van der Waals surface area contributed by atoms with Gasteiger partial charge in [-0.25, -0.2) is 0 Å². The van der Waals surface area contributed by atoms with Crippen LogP contribution in [-0.2, 0) is 17.6 Å². The van der Waals surface area contributed by atoms with Crippen molar-refractivity contribution in [1.29, 1.82) is 0 Å². The van der Waals surface area contributed by atoms with Crippen LogP contribution in [0.5, 0.6) is 0 Å². The molecular formula is C19H18N4O3S2. The number of anilines is 1. The van der Waals surface area contributed by atoms with Gasteiger partial charge in [-0.2, -0.15) is 0 Å². The maximum Gasteiger partial charge on any atom is 0.277 e. The first-order valence-corrected chi connectivity index (χ1v) is 10.6. The lowest BCUT2D eigenvalue weighted by Gasteiger charge is -2.05. The van der Waals surface area contributed by atoms with Gasteiger partial charge in [-0.15, -0.1) is 21.5 Å². The summed E-state index contributed by atoms with van der Waals surface area (Å²) in [6, 6.07) is 7.75. The fraction of sp³-hybridized carbons (Fsp3) is 0.263. The van der Waals surface area contributed by atoms with Crippen LogP contribution in [0.25, 0.3) is 11.5 Å². The van der Waals surface area contributed by atoms with Crippen LogP contribution in [0.3, 0.4) is 0 Å². The molecule has 0 spiro atoms. The molecule has 28 heavy (non-hydrogen) atoms. The van der Waals surface area contributed by atoms with E-state index in [9.17, 15) is 9.59 Å². The molecule has 0 saturated carbocycles. The van der Waals surface area contributed by atoms with E-state index in [2.05, 4.69) is 15.5 Å². The van der Waals surface area contributed by atoms with Gasteiger partial charge in [-0.1, -0.05) is 29.5 Å². The van der Waals surface area contributed by atoms with Gasteiger partial charge in [0.1, 0.15) is 5.00 Å². The Morgan fingerprint density at radius 1 is 1.32 bits per heavy atom. The number of nitrogens with one attached hydrogen (secondary N) is 1. The number of rotatable bonds is 6. The van der Waals surface area contributed by atoms with Crippen LogP contribution in [0.4, 0.5) is 5.00 Å². The van der Waals surface area contributed by atoms with E-state index in [1.54, 1.807) is 0 Å². The first-order valence-electron chi connectivity index (χ1n) is 8.79. The Hall–Kier alpha value is -2.65. The molecule has 3 aromatic rings. The van der Waals surface area contributed by atoms with E-state index in [0.717, 1.165) is 52.6 Å². The van der Waals surface area contributed by atoms with Crippen molar-refractivity contribution in [2.45, 2.75) is 31.4 Å². The van der Waals surface area contributed by atoms with E-state index in [-0.39, 0.29) is 11.7 Å². The number of fused-ring (bicyclic) bond motifs is 1. The van der Waals surface area contributed by atoms with Gasteiger partial charge in [0.15, 0.2) is 0 Å². The Morgan fingerprint density at radius 2 is 2.18 bits per heavy atom. The summed E-state index contributed by atoms with van der Waals surface area (Å²) in [5, 5.41) is 11.7. The molecular weight excluding hydrogens is 396 g/mol. The highest BCUT2D eigenvalue weighted by molar-refractivity contribution is 7.99. The predicted octanol–water partition coefficient (Wildman–Crippen LogP) is 3.42. The first-order chi connectivity index (χ1) is 13.5. The maximum absolute atomic E-state index is 12.3. The Morgan fingerprint density at radius 3 is 2.96 bits per heavy atom. The van der Waals surface area contributed by atoms with Crippen LogP contribution in [0.2, 0.25) is 0 Å². The number of aromatic nitrogens is 2. The zero-order valence-electron chi connectivity index (χ0n) is 15.2. The summed E-state index contributed by atoms with van der Waals surface area (Å²) in [6.07, 6.45) is 2.78. The molecule has 2 amide bonds. The largest absolute Gasteiger partial charge is 0.411 e. The molecule has 0 bridgehead atoms. The van der Waals surface area contributed by atoms with Gasteiger partial charge >= 0.3 is 0 Å². The van der Waals surface area contributed by atoms with Gasteiger partial charge in [0.05, 0.1) is 11.3 Å². The second-order valence-corrected chi connectivity index (χ2v) is 8.54. The average Bonchev–Trinajstić information content (AvgIpc) is 3.35. The summed E-state index contributed by atoms with van der Waals surface area (Å²) < 4.78 is 5.63. The molecule has 7 nitrogen and oxygen atoms in total. The van der Waals surface area contributed by atoms with Crippen molar-refractivity contribution in [3.05, 3.63) is 45.8 Å². The molecule has 4 rings (SSSR count). The third-order valence-electron chi connectivity index (χ3n) is 4.42. The third-order valence-corrected chi connectivity index (χ3v) is 6.44. The molecule has 3 N–H and O–H groups in total. The number of amides is 2. The molecule has 0 radical (unpaired) electrons. The van der Waals surface area contributed by atoms with E-state index in [1.807, 2.05) is 31.2 Å². The van der Waals surface area contributed by atoms with Crippen molar-refractivity contribution < 1.29 is 14.0 Å². The molecule has 1 aliphatic rings. The van der Waals surface area contributed by atoms with Crippen LogP contribution >= 0.6 is 23.1 Å². The molecule has 9 heteroatoms. The molecule has 2 heterocycles. The number of thioether (sulfide) groups is 1. The van der Waals surface area contributed by atoms with E-state index >= 15 is 0 Å². The number of nitrogens with two attached hydrogens (primary N) is 1. The van der Waals surface area contributed by atoms with Gasteiger partial charge < -0.3 is 15.5 Å². The first kappa shape index (κ1) is 18.7. The Balaban J connectivity index is 1.40. The number of carbonyl (C=O) groups excluding carboxylic acids is 2. The lowest BCUT2D eigenvalue weighted by Crippen LogP contribution is -2.18. The Kier molecular flexibility index (Phi) is 5.19. The predicted molar refractivity (Wildman–Crippen MR) is 109 cm³/mol. The van der Waals surface area contributed by atoms with Crippen molar-refractivity contribution in [1.82, 2.24) is 10.2 Å².